The molecule has 8 nitrogen and oxygen atoms in total. The minimum absolute atomic E-state index is 0.143. The minimum Gasteiger partial charge on any atom is -0.462 e. The highest BCUT2D eigenvalue weighted by Crippen LogP contribution is 2.67. The molecule has 3 aliphatic carbocycles. The van der Waals surface area contributed by atoms with Crippen molar-refractivity contribution in [3.63, 3.8) is 0 Å². The highest BCUT2D eigenvalue weighted by Gasteiger charge is 2.64. The number of carbonyl (C=O) groups excluding carboxylic acids is 1. The topological polar surface area (TPSA) is 121 Å². The molecule has 9 atom stereocenters. The van der Waals surface area contributed by atoms with Gasteiger partial charge in [0.15, 0.2) is 5.78 Å². The Balaban J connectivity index is 1.34. The van der Waals surface area contributed by atoms with E-state index in [0.717, 1.165) is 30.2 Å². The molecule has 0 radical (unpaired) electrons. The van der Waals surface area contributed by atoms with Gasteiger partial charge in [-0.2, -0.15) is 0 Å². The SMILES string of the molecule is CO[C@H]1[C@H](O)[C@@H](O)[C@H](Oc2ccc3c4c([nH]c3c2)C2(C)C(CCC3C(C)(C)C(=O)C=CC32C)C4)O[C@@H]1CO. The van der Waals surface area contributed by atoms with Crippen LogP contribution in [0.1, 0.15) is 51.8 Å². The molecule has 1 aromatic carbocycles. The van der Waals surface area contributed by atoms with Gasteiger partial charge in [-0.25, -0.2) is 0 Å². The van der Waals surface area contributed by atoms with Crippen molar-refractivity contribution in [3.8, 4) is 5.75 Å². The number of aromatic nitrogens is 1. The molecule has 6 rings (SSSR count). The third-order valence-corrected chi connectivity index (χ3v) is 10.7. The first kappa shape index (κ1) is 26.0. The summed E-state index contributed by atoms with van der Waals surface area (Å²) in [6.45, 7) is 8.53. The molecule has 1 aliphatic heterocycles. The third kappa shape index (κ3) is 3.30. The summed E-state index contributed by atoms with van der Waals surface area (Å²) in [6, 6.07) is 5.79. The molecule has 38 heavy (non-hydrogen) atoms. The average molecular weight is 526 g/mol. The van der Waals surface area contributed by atoms with Crippen LogP contribution in [0.15, 0.2) is 30.4 Å². The van der Waals surface area contributed by atoms with Gasteiger partial charge in [-0.15, -0.1) is 0 Å². The molecule has 2 fully saturated rings. The summed E-state index contributed by atoms with van der Waals surface area (Å²) in [5.74, 6) is 1.46. The van der Waals surface area contributed by atoms with Crippen molar-refractivity contribution in [2.45, 2.75) is 83.1 Å². The van der Waals surface area contributed by atoms with Crippen LogP contribution in [-0.4, -0.2) is 70.5 Å². The molecule has 2 aromatic rings. The summed E-state index contributed by atoms with van der Waals surface area (Å²) in [6.07, 6.45) is 1.71. The van der Waals surface area contributed by atoms with Crippen molar-refractivity contribution in [2.24, 2.45) is 22.7 Å². The minimum atomic E-state index is -1.34. The third-order valence-electron chi connectivity index (χ3n) is 10.7. The maximum atomic E-state index is 12.8. The van der Waals surface area contributed by atoms with Crippen molar-refractivity contribution in [2.75, 3.05) is 13.7 Å². The van der Waals surface area contributed by atoms with Gasteiger partial charge < -0.3 is 34.5 Å². The Hall–Kier alpha value is -2.23. The first-order valence-electron chi connectivity index (χ1n) is 13.7. The van der Waals surface area contributed by atoms with Crippen LogP contribution >= 0.6 is 0 Å². The molecule has 4 unspecified atom stereocenters. The van der Waals surface area contributed by atoms with Gasteiger partial charge in [0.1, 0.15) is 30.2 Å². The van der Waals surface area contributed by atoms with Gasteiger partial charge >= 0.3 is 0 Å². The van der Waals surface area contributed by atoms with Gasteiger partial charge in [-0.1, -0.05) is 33.8 Å². The monoisotopic (exact) mass is 525 g/mol. The number of carbonyl (C=O) groups is 1. The smallest absolute Gasteiger partial charge is 0.229 e. The molecule has 0 amide bonds. The normalized spacial score (nSPS) is 41.6. The highest BCUT2D eigenvalue weighted by molar-refractivity contribution is 5.96. The number of aliphatic hydroxyl groups excluding tert-OH is 3. The number of benzene rings is 1. The summed E-state index contributed by atoms with van der Waals surface area (Å²) < 4.78 is 16.9. The van der Waals surface area contributed by atoms with Gasteiger partial charge in [-0.05, 0) is 54.9 Å². The van der Waals surface area contributed by atoms with Crippen LogP contribution in [0.5, 0.6) is 5.75 Å². The zero-order valence-corrected chi connectivity index (χ0v) is 22.7. The number of aromatic amines is 1. The standard InChI is InChI=1S/C30H39NO7/c1-28(2)21-9-6-15-12-18-17-8-7-16(37-27-24(35)23(34)25(36-5)20(14-32)38-27)13-19(17)31-26(18)30(15,4)29(21,3)11-10-22(28)33/h7-8,10-11,13,15,20-21,23-25,27,31-32,34-35H,6,9,12,14H2,1-5H3/t15?,20-,21?,23-,24-,25-,27-,29?,30?/m1/s1. The van der Waals surface area contributed by atoms with Crippen LogP contribution in [0, 0.1) is 22.7 Å². The number of H-pyrrole nitrogens is 1. The predicted molar refractivity (Wildman–Crippen MR) is 141 cm³/mol. The van der Waals surface area contributed by atoms with Crippen LogP contribution in [0.4, 0.5) is 0 Å². The van der Waals surface area contributed by atoms with E-state index in [-0.39, 0.29) is 29.1 Å². The number of ketones is 1. The molecule has 4 N–H and O–H groups in total. The lowest BCUT2D eigenvalue weighted by atomic mass is 9.43. The van der Waals surface area contributed by atoms with E-state index in [1.54, 1.807) is 0 Å². The first-order chi connectivity index (χ1) is 18.0. The fraction of sp³-hybridized carbons (Fsp3) is 0.633. The lowest BCUT2D eigenvalue weighted by molar-refractivity contribution is -0.281. The van der Waals surface area contributed by atoms with E-state index >= 15 is 0 Å². The second-order valence-corrected chi connectivity index (χ2v) is 12.6. The molecular weight excluding hydrogens is 486 g/mol. The number of methoxy groups -OCH3 is 1. The van der Waals surface area contributed by atoms with Crippen molar-refractivity contribution >= 4 is 16.7 Å². The zero-order valence-electron chi connectivity index (χ0n) is 22.7. The van der Waals surface area contributed by atoms with Gasteiger partial charge in [0.25, 0.3) is 0 Å². The second-order valence-electron chi connectivity index (χ2n) is 12.6. The Morgan fingerprint density at radius 2 is 1.89 bits per heavy atom. The van der Waals surface area contributed by atoms with Gasteiger partial charge in [0, 0.05) is 46.0 Å². The quantitative estimate of drug-likeness (QED) is 0.484. The van der Waals surface area contributed by atoms with E-state index in [4.69, 9.17) is 14.2 Å². The molecule has 0 bridgehead atoms. The Bertz CT molecular complexity index is 1300. The van der Waals surface area contributed by atoms with Gasteiger partial charge in [-0.3, -0.25) is 4.79 Å². The second kappa shape index (κ2) is 8.63. The van der Waals surface area contributed by atoms with Crippen molar-refractivity contribution in [3.05, 3.63) is 41.6 Å². The Morgan fingerprint density at radius 1 is 1.13 bits per heavy atom. The number of hydrogen-bond donors (Lipinski definition) is 4. The summed E-state index contributed by atoms with van der Waals surface area (Å²) in [4.78, 5) is 16.6. The maximum absolute atomic E-state index is 12.8. The molecule has 1 saturated carbocycles. The molecule has 206 valence electrons. The zero-order chi connectivity index (χ0) is 27.2. The lowest BCUT2D eigenvalue weighted by Crippen LogP contribution is -2.60. The molecule has 0 spiro atoms. The maximum Gasteiger partial charge on any atom is 0.229 e. The van der Waals surface area contributed by atoms with Crippen molar-refractivity contribution in [1.29, 1.82) is 0 Å². The van der Waals surface area contributed by atoms with Crippen LogP contribution < -0.4 is 4.74 Å². The number of hydrogen-bond acceptors (Lipinski definition) is 7. The van der Waals surface area contributed by atoms with Crippen LogP contribution in [0.2, 0.25) is 0 Å². The van der Waals surface area contributed by atoms with Gasteiger partial charge in [0.05, 0.1) is 6.61 Å². The summed E-state index contributed by atoms with van der Waals surface area (Å²) in [5, 5.41) is 31.9. The molecule has 1 saturated heterocycles. The Morgan fingerprint density at radius 3 is 2.61 bits per heavy atom. The largest absolute Gasteiger partial charge is 0.462 e. The molecule has 4 aliphatic rings. The average Bonchev–Trinajstić information content (AvgIpc) is 3.39. The first-order valence-corrected chi connectivity index (χ1v) is 13.7. The Kier molecular flexibility index (Phi) is 5.91. The molecular formula is C30H39NO7. The highest BCUT2D eigenvalue weighted by atomic mass is 16.7. The summed E-state index contributed by atoms with van der Waals surface area (Å²) >= 11 is 0. The Labute approximate surface area is 223 Å². The van der Waals surface area contributed by atoms with E-state index in [1.807, 2.05) is 24.3 Å². The number of fused-ring (bicyclic) bond motifs is 7. The molecule has 2 heterocycles. The van der Waals surface area contributed by atoms with E-state index in [1.165, 1.54) is 18.4 Å². The van der Waals surface area contributed by atoms with Crippen molar-refractivity contribution in [1.82, 2.24) is 4.98 Å². The molecule has 8 heteroatoms. The van der Waals surface area contributed by atoms with E-state index in [2.05, 4.69) is 38.8 Å². The number of aliphatic hydroxyl groups is 3. The van der Waals surface area contributed by atoms with Crippen LogP contribution in [0.3, 0.4) is 0 Å². The predicted octanol–water partition coefficient (Wildman–Crippen LogP) is 3.01. The number of allylic oxidation sites excluding steroid dienone is 2. The molecule has 1 aromatic heterocycles. The fourth-order valence-electron chi connectivity index (χ4n) is 8.36. The fourth-order valence-corrected chi connectivity index (χ4v) is 8.36. The number of nitrogens with one attached hydrogen (secondary N) is 1. The lowest BCUT2D eigenvalue weighted by Gasteiger charge is -2.60. The number of ether oxygens (including phenoxy) is 3. The van der Waals surface area contributed by atoms with E-state index in [0.29, 0.717) is 11.7 Å². The summed E-state index contributed by atoms with van der Waals surface area (Å²) in [7, 11) is 1.40. The van der Waals surface area contributed by atoms with Crippen molar-refractivity contribution < 1.29 is 34.3 Å². The van der Waals surface area contributed by atoms with E-state index in [9.17, 15) is 20.1 Å². The van der Waals surface area contributed by atoms with Crippen LogP contribution in [0.25, 0.3) is 10.9 Å². The van der Waals surface area contributed by atoms with E-state index < -0.39 is 36.1 Å². The summed E-state index contributed by atoms with van der Waals surface area (Å²) in [5.41, 5.74) is 2.81. The number of rotatable bonds is 4. The van der Waals surface area contributed by atoms with Crippen LogP contribution in [-0.2, 0) is 26.1 Å². The van der Waals surface area contributed by atoms with Gasteiger partial charge in [0.2, 0.25) is 6.29 Å².